The molecule has 1 saturated heterocycles. The standard InChI is InChI=1S/C12H15F3N2/c1-8-6-17(3-2-16-8)7-9-4-10(13)5-11(14)12(9)15/h4-5,8,16H,2-3,6-7H2,1H3/t8-/m1/s1. The maximum atomic E-state index is 13.4. The van der Waals surface area contributed by atoms with E-state index in [-0.39, 0.29) is 12.1 Å². The molecule has 1 aliphatic heterocycles. The predicted molar refractivity (Wildman–Crippen MR) is 59.1 cm³/mol. The van der Waals surface area contributed by atoms with Crippen LogP contribution in [0.3, 0.4) is 0 Å². The van der Waals surface area contributed by atoms with Crippen molar-refractivity contribution < 1.29 is 13.2 Å². The summed E-state index contributed by atoms with van der Waals surface area (Å²) in [4.78, 5) is 1.98. The lowest BCUT2D eigenvalue weighted by molar-refractivity contribution is 0.196. The highest BCUT2D eigenvalue weighted by molar-refractivity contribution is 5.20. The molecule has 0 aromatic heterocycles. The van der Waals surface area contributed by atoms with Gasteiger partial charge in [-0.2, -0.15) is 0 Å². The van der Waals surface area contributed by atoms with Crippen molar-refractivity contribution in [3.05, 3.63) is 35.1 Å². The van der Waals surface area contributed by atoms with Crippen molar-refractivity contribution in [3.63, 3.8) is 0 Å². The van der Waals surface area contributed by atoms with E-state index in [9.17, 15) is 13.2 Å². The molecule has 1 fully saturated rings. The molecule has 1 atom stereocenters. The Bertz CT molecular complexity index is 409. The summed E-state index contributed by atoms with van der Waals surface area (Å²) in [5.41, 5.74) is 0.0802. The molecule has 2 nitrogen and oxygen atoms in total. The van der Waals surface area contributed by atoms with Crippen LogP contribution in [0, 0.1) is 17.5 Å². The molecule has 0 bridgehead atoms. The van der Waals surface area contributed by atoms with Crippen LogP contribution in [0.5, 0.6) is 0 Å². The molecule has 1 aliphatic rings. The Morgan fingerprint density at radius 3 is 2.82 bits per heavy atom. The van der Waals surface area contributed by atoms with E-state index in [1.165, 1.54) is 0 Å². The number of piperazine rings is 1. The molecule has 0 aliphatic carbocycles. The molecular weight excluding hydrogens is 229 g/mol. The van der Waals surface area contributed by atoms with Gasteiger partial charge in [0.15, 0.2) is 11.6 Å². The van der Waals surface area contributed by atoms with Gasteiger partial charge in [0, 0.05) is 43.9 Å². The van der Waals surface area contributed by atoms with E-state index >= 15 is 0 Å². The zero-order valence-corrected chi connectivity index (χ0v) is 9.64. The summed E-state index contributed by atoms with van der Waals surface area (Å²) in [7, 11) is 0. The first-order valence-corrected chi connectivity index (χ1v) is 5.65. The zero-order chi connectivity index (χ0) is 12.4. The van der Waals surface area contributed by atoms with Gasteiger partial charge >= 0.3 is 0 Å². The lowest BCUT2D eigenvalue weighted by Crippen LogP contribution is -2.48. The summed E-state index contributed by atoms with van der Waals surface area (Å²) in [6, 6.07) is 1.94. The fraction of sp³-hybridized carbons (Fsp3) is 0.500. The largest absolute Gasteiger partial charge is 0.312 e. The molecule has 0 radical (unpaired) electrons. The summed E-state index contributed by atoms with van der Waals surface area (Å²) in [6.45, 7) is 4.57. The lowest BCUT2D eigenvalue weighted by Gasteiger charge is -2.31. The number of benzene rings is 1. The highest BCUT2D eigenvalue weighted by Gasteiger charge is 2.18. The Labute approximate surface area is 98.4 Å². The molecule has 1 aromatic rings. The molecule has 17 heavy (non-hydrogen) atoms. The summed E-state index contributed by atoms with van der Waals surface area (Å²) in [5.74, 6) is -2.80. The average Bonchev–Trinajstić information content (AvgIpc) is 2.25. The molecule has 1 aromatic carbocycles. The highest BCUT2D eigenvalue weighted by atomic mass is 19.2. The maximum absolute atomic E-state index is 13.4. The molecular formula is C12H15F3N2. The third-order valence-corrected chi connectivity index (χ3v) is 2.92. The third-order valence-electron chi connectivity index (χ3n) is 2.92. The van der Waals surface area contributed by atoms with Crippen molar-refractivity contribution in [2.45, 2.75) is 19.5 Å². The van der Waals surface area contributed by atoms with Gasteiger partial charge < -0.3 is 5.32 Å². The van der Waals surface area contributed by atoms with Gasteiger partial charge in [-0.3, -0.25) is 4.90 Å². The first-order valence-electron chi connectivity index (χ1n) is 5.65. The molecule has 1 heterocycles. The van der Waals surface area contributed by atoms with Crippen LogP contribution >= 0.6 is 0 Å². The van der Waals surface area contributed by atoms with Crippen molar-refractivity contribution >= 4 is 0 Å². The van der Waals surface area contributed by atoms with Crippen molar-refractivity contribution in [1.29, 1.82) is 0 Å². The van der Waals surface area contributed by atoms with Gasteiger partial charge in [0.1, 0.15) is 5.82 Å². The molecule has 5 heteroatoms. The minimum Gasteiger partial charge on any atom is -0.312 e. The summed E-state index contributed by atoms with van der Waals surface area (Å²) < 4.78 is 39.5. The third kappa shape index (κ3) is 2.98. The van der Waals surface area contributed by atoms with Crippen LogP contribution in [0.2, 0.25) is 0 Å². The van der Waals surface area contributed by atoms with E-state index in [0.29, 0.717) is 12.1 Å². The summed E-state index contributed by atoms with van der Waals surface area (Å²) >= 11 is 0. The highest BCUT2D eigenvalue weighted by Crippen LogP contribution is 2.16. The Kier molecular flexibility index (Phi) is 3.69. The van der Waals surface area contributed by atoms with E-state index in [2.05, 4.69) is 5.32 Å². The molecule has 94 valence electrons. The first kappa shape index (κ1) is 12.4. The number of nitrogens with zero attached hydrogens (tertiary/aromatic N) is 1. The Hall–Kier alpha value is -1.07. The van der Waals surface area contributed by atoms with Crippen LogP contribution < -0.4 is 5.32 Å². The summed E-state index contributed by atoms with van der Waals surface area (Å²) in [5, 5.41) is 3.25. The molecule has 1 N–H and O–H groups in total. The number of rotatable bonds is 2. The number of nitrogens with one attached hydrogen (secondary N) is 1. The van der Waals surface area contributed by atoms with Crippen molar-refractivity contribution in [2.24, 2.45) is 0 Å². The van der Waals surface area contributed by atoms with Crippen LogP contribution in [0.25, 0.3) is 0 Å². The van der Waals surface area contributed by atoms with E-state index < -0.39 is 17.5 Å². The first-order chi connectivity index (χ1) is 8.06. The van der Waals surface area contributed by atoms with Crippen LogP contribution in [0.15, 0.2) is 12.1 Å². The fourth-order valence-corrected chi connectivity index (χ4v) is 2.12. The molecule has 0 spiro atoms. The topological polar surface area (TPSA) is 15.3 Å². The van der Waals surface area contributed by atoms with Crippen LogP contribution in [0.4, 0.5) is 13.2 Å². The number of hydrogen-bond acceptors (Lipinski definition) is 2. The van der Waals surface area contributed by atoms with Crippen molar-refractivity contribution in [3.8, 4) is 0 Å². The molecule has 2 rings (SSSR count). The zero-order valence-electron chi connectivity index (χ0n) is 9.64. The van der Waals surface area contributed by atoms with Crippen LogP contribution in [-0.4, -0.2) is 30.6 Å². The quantitative estimate of drug-likeness (QED) is 0.799. The summed E-state index contributed by atoms with van der Waals surface area (Å²) in [6.07, 6.45) is 0. The van der Waals surface area contributed by atoms with Crippen molar-refractivity contribution in [1.82, 2.24) is 10.2 Å². The number of halogens is 3. The van der Waals surface area contributed by atoms with Gasteiger partial charge in [0.25, 0.3) is 0 Å². The van der Waals surface area contributed by atoms with E-state index in [1.54, 1.807) is 0 Å². The smallest absolute Gasteiger partial charge is 0.163 e. The normalized spacial score (nSPS) is 21.8. The Balaban J connectivity index is 2.12. The van der Waals surface area contributed by atoms with E-state index in [4.69, 9.17) is 0 Å². The Morgan fingerprint density at radius 2 is 2.12 bits per heavy atom. The van der Waals surface area contributed by atoms with E-state index in [1.807, 2.05) is 11.8 Å². The average molecular weight is 244 g/mol. The monoisotopic (exact) mass is 244 g/mol. The Morgan fingerprint density at radius 1 is 1.35 bits per heavy atom. The molecule has 0 unspecified atom stereocenters. The van der Waals surface area contributed by atoms with Gasteiger partial charge in [-0.05, 0) is 13.0 Å². The van der Waals surface area contributed by atoms with Crippen LogP contribution in [0.1, 0.15) is 12.5 Å². The second-order valence-electron chi connectivity index (χ2n) is 4.45. The van der Waals surface area contributed by atoms with E-state index in [0.717, 1.165) is 25.7 Å². The second kappa shape index (κ2) is 5.06. The van der Waals surface area contributed by atoms with Gasteiger partial charge in [-0.15, -0.1) is 0 Å². The van der Waals surface area contributed by atoms with Crippen LogP contribution in [-0.2, 0) is 6.54 Å². The van der Waals surface area contributed by atoms with Gasteiger partial charge in [0.05, 0.1) is 0 Å². The van der Waals surface area contributed by atoms with Gasteiger partial charge in [-0.25, -0.2) is 13.2 Å². The second-order valence-corrected chi connectivity index (χ2v) is 4.45. The molecule has 0 amide bonds. The van der Waals surface area contributed by atoms with Gasteiger partial charge in [-0.1, -0.05) is 0 Å². The predicted octanol–water partition coefficient (Wildman–Crippen LogP) is 1.90. The number of hydrogen-bond donors (Lipinski definition) is 1. The SMILES string of the molecule is C[C@@H]1CN(Cc2cc(F)cc(F)c2F)CCN1. The fourth-order valence-electron chi connectivity index (χ4n) is 2.12. The maximum Gasteiger partial charge on any atom is 0.163 e. The van der Waals surface area contributed by atoms with Gasteiger partial charge in [0.2, 0.25) is 0 Å². The molecule has 0 saturated carbocycles. The van der Waals surface area contributed by atoms with Crippen molar-refractivity contribution in [2.75, 3.05) is 19.6 Å². The lowest BCUT2D eigenvalue weighted by atomic mass is 10.1. The minimum absolute atomic E-state index is 0.0802. The minimum atomic E-state index is -1.12.